The molecule has 0 aliphatic heterocycles. The summed E-state index contributed by atoms with van der Waals surface area (Å²) in [6, 6.07) is 4.12. The van der Waals surface area contributed by atoms with Crippen LogP contribution in [0.2, 0.25) is 0 Å². The molecule has 0 saturated heterocycles. The molecule has 2 N–H and O–H groups in total. The molecule has 98 valence electrons. The van der Waals surface area contributed by atoms with E-state index in [2.05, 4.69) is 21.2 Å². The van der Waals surface area contributed by atoms with Crippen LogP contribution in [-0.2, 0) is 0 Å². The van der Waals surface area contributed by atoms with Gasteiger partial charge in [0, 0.05) is 4.47 Å². The van der Waals surface area contributed by atoms with Gasteiger partial charge in [0.15, 0.2) is 0 Å². The van der Waals surface area contributed by atoms with Gasteiger partial charge in [-0.25, -0.2) is 4.39 Å². The molecule has 1 amide bonds. The van der Waals surface area contributed by atoms with Gasteiger partial charge in [-0.2, -0.15) is 0 Å². The number of benzene rings is 1. The summed E-state index contributed by atoms with van der Waals surface area (Å²) in [5.41, 5.74) is -0.00438. The summed E-state index contributed by atoms with van der Waals surface area (Å²) in [5.74, 6) is -1.04. The SMILES string of the molecule is O=C(NC1CCCCC1O)c1c(F)cccc1Br. The second-order valence-electron chi connectivity index (χ2n) is 4.53. The van der Waals surface area contributed by atoms with Crippen molar-refractivity contribution in [1.29, 1.82) is 0 Å². The highest BCUT2D eigenvalue weighted by atomic mass is 79.9. The lowest BCUT2D eigenvalue weighted by Crippen LogP contribution is -2.45. The van der Waals surface area contributed by atoms with Crippen LogP contribution < -0.4 is 5.32 Å². The molecule has 0 bridgehead atoms. The number of hydrogen-bond acceptors (Lipinski definition) is 2. The van der Waals surface area contributed by atoms with Crippen molar-refractivity contribution < 1.29 is 14.3 Å². The number of aliphatic hydroxyl groups excluding tert-OH is 1. The van der Waals surface area contributed by atoms with Crippen LogP contribution >= 0.6 is 15.9 Å². The van der Waals surface area contributed by atoms with E-state index in [4.69, 9.17) is 0 Å². The predicted octanol–water partition coefficient (Wildman–Crippen LogP) is 2.62. The first-order valence-corrected chi connectivity index (χ1v) is 6.82. The number of hydrogen-bond donors (Lipinski definition) is 2. The number of carbonyl (C=O) groups is 1. The maximum Gasteiger partial charge on any atom is 0.255 e. The van der Waals surface area contributed by atoms with Crippen LogP contribution in [0.1, 0.15) is 36.0 Å². The van der Waals surface area contributed by atoms with E-state index in [1.54, 1.807) is 6.07 Å². The Balaban J connectivity index is 2.12. The van der Waals surface area contributed by atoms with Gasteiger partial charge >= 0.3 is 0 Å². The number of amides is 1. The van der Waals surface area contributed by atoms with Gasteiger partial charge in [-0.1, -0.05) is 18.9 Å². The van der Waals surface area contributed by atoms with Crippen LogP contribution in [0.15, 0.2) is 22.7 Å². The Morgan fingerprint density at radius 2 is 2.11 bits per heavy atom. The molecule has 1 aromatic rings. The molecule has 0 spiro atoms. The van der Waals surface area contributed by atoms with E-state index < -0.39 is 17.8 Å². The highest BCUT2D eigenvalue weighted by Crippen LogP contribution is 2.22. The Kier molecular flexibility index (Phi) is 4.35. The standard InChI is InChI=1S/C13H15BrFNO2/c14-8-4-3-5-9(15)12(8)13(18)16-10-6-1-2-7-11(10)17/h3-5,10-11,17H,1-2,6-7H2,(H,16,18). The molecule has 0 radical (unpaired) electrons. The fourth-order valence-electron chi connectivity index (χ4n) is 2.23. The summed E-state index contributed by atoms with van der Waals surface area (Å²) in [6.45, 7) is 0. The van der Waals surface area contributed by atoms with Gasteiger partial charge < -0.3 is 10.4 Å². The van der Waals surface area contributed by atoms with E-state index in [0.717, 1.165) is 19.3 Å². The zero-order chi connectivity index (χ0) is 13.1. The summed E-state index contributed by atoms with van der Waals surface area (Å²) in [6.07, 6.45) is 2.83. The first-order valence-electron chi connectivity index (χ1n) is 6.02. The minimum atomic E-state index is -0.563. The van der Waals surface area contributed by atoms with Crippen molar-refractivity contribution in [1.82, 2.24) is 5.32 Å². The van der Waals surface area contributed by atoms with Crippen molar-refractivity contribution in [3.8, 4) is 0 Å². The minimum absolute atomic E-state index is 0.00438. The van der Waals surface area contributed by atoms with Crippen molar-refractivity contribution in [2.24, 2.45) is 0 Å². The van der Waals surface area contributed by atoms with E-state index in [1.165, 1.54) is 12.1 Å². The third-order valence-electron chi connectivity index (χ3n) is 3.24. The topological polar surface area (TPSA) is 49.3 Å². The van der Waals surface area contributed by atoms with Crippen LogP contribution in [0.25, 0.3) is 0 Å². The molecule has 1 aliphatic carbocycles. The lowest BCUT2D eigenvalue weighted by Gasteiger charge is -2.28. The van der Waals surface area contributed by atoms with E-state index in [-0.39, 0.29) is 11.6 Å². The molecule has 3 nitrogen and oxygen atoms in total. The molecular formula is C13H15BrFNO2. The fourth-order valence-corrected chi connectivity index (χ4v) is 2.76. The fraction of sp³-hybridized carbons (Fsp3) is 0.462. The molecular weight excluding hydrogens is 301 g/mol. The third-order valence-corrected chi connectivity index (χ3v) is 3.90. The third kappa shape index (κ3) is 2.90. The average molecular weight is 316 g/mol. The summed E-state index contributed by atoms with van der Waals surface area (Å²) in [7, 11) is 0. The number of nitrogens with one attached hydrogen (secondary N) is 1. The van der Waals surface area contributed by atoms with E-state index in [0.29, 0.717) is 10.9 Å². The lowest BCUT2D eigenvalue weighted by atomic mass is 9.92. The molecule has 1 saturated carbocycles. The Labute approximate surface area is 114 Å². The zero-order valence-corrected chi connectivity index (χ0v) is 11.4. The zero-order valence-electron chi connectivity index (χ0n) is 9.83. The molecule has 1 fully saturated rings. The van der Waals surface area contributed by atoms with Gasteiger partial charge in [0.2, 0.25) is 0 Å². The number of carbonyl (C=O) groups excluding carboxylic acids is 1. The van der Waals surface area contributed by atoms with Gasteiger partial charge in [-0.15, -0.1) is 0 Å². The summed E-state index contributed by atoms with van der Waals surface area (Å²) in [5, 5.41) is 12.5. The minimum Gasteiger partial charge on any atom is -0.391 e. The van der Waals surface area contributed by atoms with E-state index in [9.17, 15) is 14.3 Å². The van der Waals surface area contributed by atoms with Gasteiger partial charge in [-0.3, -0.25) is 4.79 Å². The molecule has 1 aromatic carbocycles. The average Bonchev–Trinajstić information content (AvgIpc) is 2.32. The van der Waals surface area contributed by atoms with Gasteiger partial charge in [0.25, 0.3) is 5.91 Å². The Morgan fingerprint density at radius 1 is 1.39 bits per heavy atom. The molecule has 0 aromatic heterocycles. The highest BCUT2D eigenvalue weighted by Gasteiger charge is 2.26. The van der Waals surface area contributed by atoms with E-state index in [1.807, 2.05) is 0 Å². The van der Waals surface area contributed by atoms with Crippen LogP contribution in [0.3, 0.4) is 0 Å². The molecule has 2 unspecified atom stereocenters. The van der Waals surface area contributed by atoms with Crippen molar-refractivity contribution in [3.63, 3.8) is 0 Å². The van der Waals surface area contributed by atoms with Gasteiger partial charge in [0.1, 0.15) is 5.82 Å². The predicted molar refractivity (Wildman–Crippen MR) is 69.8 cm³/mol. The van der Waals surface area contributed by atoms with Crippen molar-refractivity contribution in [2.45, 2.75) is 37.8 Å². The second kappa shape index (κ2) is 5.80. The first kappa shape index (κ1) is 13.5. The summed E-state index contributed by atoms with van der Waals surface area (Å²) >= 11 is 3.16. The van der Waals surface area contributed by atoms with Crippen LogP contribution in [0, 0.1) is 5.82 Å². The molecule has 18 heavy (non-hydrogen) atoms. The lowest BCUT2D eigenvalue weighted by molar-refractivity contribution is 0.0714. The maximum absolute atomic E-state index is 13.6. The highest BCUT2D eigenvalue weighted by molar-refractivity contribution is 9.10. The van der Waals surface area contributed by atoms with Crippen LogP contribution in [-0.4, -0.2) is 23.2 Å². The second-order valence-corrected chi connectivity index (χ2v) is 5.38. The summed E-state index contributed by atoms with van der Waals surface area (Å²) < 4.78 is 14.0. The van der Waals surface area contributed by atoms with Crippen LogP contribution in [0.5, 0.6) is 0 Å². The molecule has 0 heterocycles. The van der Waals surface area contributed by atoms with Gasteiger partial charge in [-0.05, 0) is 40.9 Å². The monoisotopic (exact) mass is 315 g/mol. The molecule has 5 heteroatoms. The van der Waals surface area contributed by atoms with Crippen LogP contribution in [0.4, 0.5) is 4.39 Å². The largest absolute Gasteiger partial charge is 0.391 e. The Hall–Kier alpha value is -0.940. The normalized spacial score (nSPS) is 23.7. The maximum atomic E-state index is 13.6. The Bertz CT molecular complexity index is 432. The van der Waals surface area contributed by atoms with Crippen molar-refractivity contribution in [2.75, 3.05) is 0 Å². The van der Waals surface area contributed by atoms with Gasteiger partial charge in [0.05, 0.1) is 17.7 Å². The molecule has 2 atom stereocenters. The van der Waals surface area contributed by atoms with E-state index >= 15 is 0 Å². The van der Waals surface area contributed by atoms with Crippen molar-refractivity contribution >= 4 is 21.8 Å². The first-order chi connectivity index (χ1) is 8.59. The number of rotatable bonds is 2. The molecule has 2 rings (SSSR count). The quantitative estimate of drug-likeness (QED) is 0.881. The Morgan fingerprint density at radius 3 is 2.78 bits per heavy atom. The molecule has 1 aliphatic rings. The number of halogens is 2. The number of aliphatic hydroxyl groups is 1. The smallest absolute Gasteiger partial charge is 0.255 e. The van der Waals surface area contributed by atoms with Crippen molar-refractivity contribution in [3.05, 3.63) is 34.1 Å². The summed E-state index contributed by atoms with van der Waals surface area (Å²) in [4.78, 5) is 12.0.